The molecule has 21 heavy (non-hydrogen) atoms. The van der Waals surface area contributed by atoms with Crippen molar-refractivity contribution in [1.82, 2.24) is 4.72 Å². The molecule has 0 radical (unpaired) electrons. The Balaban J connectivity index is 2.21. The number of ether oxygens (including phenoxy) is 1. The molecule has 0 saturated carbocycles. The maximum atomic E-state index is 13.2. The lowest BCUT2D eigenvalue weighted by Crippen LogP contribution is -2.30. The fourth-order valence-corrected chi connectivity index (χ4v) is 3.28. The Labute approximate surface area is 123 Å². The lowest BCUT2D eigenvalue weighted by atomic mass is 10.1. The molecular weight excluding hydrogens is 297 g/mol. The fourth-order valence-electron chi connectivity index (χ4n) is 2.02. The molecule has 1 aliphatic heterocycles. The van der Waals surface area contributed by atoms with Gasteiger partial charge in [-0.2, -0.15) is 0 Å². The molecule has 1 saturated heterocycles. The van der Waals surface area contributed by atoms with Gasteiger partial charge in [0.25, 0.3) is 0 Å². The highest BCUT2D eigenvalue weighted by molar-refractivity contribution is 7.89. The standard InChI is InChI=1S/C14H16FNO4S/c15-13-3-4-14(12(8-13)2-1-6-17)21(18,19)16-9-11-5-7-20-10-11/h3-4,8,11,16-17H,5-7,9-10H2. The summed E-state index contributed by atoms with van der Waals surface area (Å²) in [4.78, 5) is -0.0937. The van der Waals surface area contributed by atoms with Crippen LogP contribution in [0.2, 0.25) is 0 Å². The normalized spacial score (nSPS) is 18.3. The first-order valence-electron chi connectivity index (χ1n) is 6.49. The van der Waals surface area contributed by atoms with Gasteiger partial charge in [0, 0.05) is 18.7 Å². The van der Waals surface area contributed by atoms with E-state index >= 15 is 0 Å². The minimum atomic E-state index is -3.78. The Morgan fingerprint density at radius 1 is 1.48 bits per heavy atom. The third-order valence-corrected chi connectivity index (χ3v) is 4.60. The minimum Gasteiger partial charge on any atom is -0.384 e. The van der Waals surface area contributed by atoms with Crippen LogP contribution in [0.1, 0.15) is 12.0 Å². The second-order valence-electron chi connectivity index (χ2n) is 4.68. The maximum Gasteiger partial charge on any atom is 0.241 e. The van der Waals surface area contributed by atoms with E-state index in [1.165, 1.54) is 6.07 Å². The number of benzene rings is 1. The molecule has 0 aliphatic carbocycles. The zero-order valence-corrected chi connectivity index (χ0v) is 12.1. The largest absolute Gasteiger partial charge is 0.384 e. The Hall–Kier alpha value is -1.46. The van der Waals surface area contributed by atoms with Crippen LogP contribution in [-0.2, 0) is 14.8 Å². The molecular formula is C14H16FNO4S. The van der Waals surface area contributed by atoms with Crippen LogP contribution in [-0.4, -0.2) is 39.9 Å². The topological polar surface area (TPSA) is 75.6 Å². The van der Waals surface area contributed by atoms with E-state index in [1.807, 2.05) is 0 Å². The zero-order valence-electron chi connectivity index (χ0n) is 11.3. The van der Waals surface area contributed by atoms with Gasteiger partial charge in [-0.1, -0.05) is 11.8 Å². The zero-order chi connectivity index (χ0) is 15.3. The molecule has 0 aromatic heterocycles. The van der Waals surface area contributed by atoms with Crippen LogP contribution in [0, 0.1) is 23.6 Å². The van der Waals surface area contributed by atoms with Crippen molar-refractivity contribution in [1.29, 1.82) is 0 Å². The molecule has 2 N–H and O–H groups in total. The van der Waals surface area contributed by atoms with Gasteiger partial charge in [-0.3, -0.25) is 0 Å². The minimum absolute atomic E-state index is 0.0271. The average molecular weight is 313 g/mol. The molecule has 7 heteroatoms. The summed E-state index contributed by atoms with van der Waals surface area (Å²) in [7, 11) is -3.78. The predicted octanol–water partition coefficient (Wildman–Crippen LogP) is 0.484. The number of nitrogens with one attached hydrogen (secondary N) is 1. The molecule has 0 amide bonds. The van der Waals surface area contributed by atoms with Crippen molar-refractivity contribution in [3.8, 4) is 11.8 Å². The SMILES string of the molecule is O=S(=O)(NCC1CCOC1)c1ccc(F)cc1C#CCO. The van der Waals surface area contributed by atoms with Gasteiger partial charge >= 0.3 is 0 Å². The fraction of sp³-hybridized carbons (Fsp3) is 0.429. The van der Waals surface area contributed by atoms with E-state index in [2.05, 4.69) is 16.6 Å². The smallest absolute Gasteiger partial charge is 0.241 e. The van der Waals surface area contributed by atoms with Gasteiger partial charge in [0.05, 0.1) is 11.5 Å². The van der Waals surface area contributed by atoms with Gasteiger partial charge in [0.1, 0.15) is 12.4 Å². The lowest BCUT2D eigenvalue weighted by molar-refractivity contribution is 0.186. The van der Waals surface area contributed by atoms with E-state index in [1.54, 1.807) is 0 Å². The summed E-state index contributed by atoms with van der Waals surface area (Å²) in [5.74, 6) is 4.34. The van der Waals surface area contributed by atoms with Crippen LogP contribution in [0.5, 0.6) is 0 Å². The van der Waals surface area contributed by atoms with Crippen molar-refractivity contribution in [2.24, 2.45) is 5.92 Å². The molecule has 2 rings (SSSR count). The van der Waals surface area contributed by atoms with Crippen molar-refractivity contribution in [3.63, 3.8) is 0 Å². The highest BCUT2D eigenvalue weighted by Crippen LogP contribution is 2.18. The van der Waals surface area contributed by atoms with Gasteiger partial charge in [-0.25, -0.2) is 17.5 Å². The maximum absolute atomic E-state index is 13.2. The highest BCUT2D eigenvalue weighted by Gasteiger charge is 2.22. The monoisotopic (exact) mass is 313 g/mol. The van der Waals surface area contributed by atoms with E-state index in [-0.39, 0.29) is 22.9 Å². The lowest BCUT2D eigenvalue weighted by Gasteiger charge is -2.11. The van der Waals surface area contributed by atoms with Crippen molar-refractivity contribution in [3.05, 3.63) is 29.6 Å². The van der Waals surface area contributed by atoms with Gasteiger partial charge in [-0.15, -0.1) is 0 Å². The highest BCUT2D eigenvalue weighted by atomic mass is 32.2. The molecule has 5 nitrogen and oxygen atoms in total. The Bertz CT molecular complexity index is 657. The first-order chi connectivity index (χ1) is 10.0. The molecule has 1 unspecified atom stereocenters. The third kappa shape index (κ3) is 4.25. The first kappa shape index (κ1) is 15.9. The summed E-state index contributed by atoms with van der Waals surface area (Å²) in [5.41, 5.74) is 0.0271. The second-order valence-corrected chi connectivity index (χ2v) is 6.42. The Morgan fingerprint density at radius 2 is 2.29 bits per heavy atom. The number of hydrogen-bond acceptors (Lipinski definition) is 4. The molecule has 1 fully saturated rings. The van der Waals surface area contributed by atoms with Crippen LogP contribution in [0.4, 0.5) is 4.39 Å². The second kappa shape index (κ2) is 7.00. The molecule has 0 spiro atoms. The number of sulfonamides is 1. The molecule has 1 aliphatic rings. The number of halogens is 1. The average Bonchev–Trinajstić information content (AvgIpc) is 2.96. The molecule has 1 aromatic rings. The number of hydrogen-bond donors (Lipinski definition) is 2. The van der Waals surface area contributed by atoms with Crippen LogP contribution < -0.4 is 4.72 Å². The Morgan fingerprint density at radius 3 is 2.95 bits per heavy atom. The summed E-state index contributed by atoms with van der Waals surface area (Å²) in [6.07, 6.45) is 0.809. The number of aliphatic hydroxyl groups is 1. The predicted molar refractivity (Wildman–Crippen MR) is 74.5 cm³/mol. The molecule has 0 bridgehead atoms. The molecule has 1 heterocycles. The summed E-state index contributed by atoms with van der Waals surface area (Å²) in [6, 6.07) is 3.28. The summed E-state index contributed by atoms with van der Waals surface area (Å²) >= 11 is 0. The van der Waals surface area contributed by atoms with Crippen LogP contribution in [0.15, 0.2) is 23.1 Å². The number of aliphatic hydroxyl groups excluding tert-OH is 1. The summed E-state index contributed by atoms with van der Waals surface area (Å²) < 4.78 is 45.5. The van der Waals surface area contributed by atoms with E-state index in [0.717, 1.165) is 18.6 Å². The van der Waals surface area contributed by atoms with Crippen molar-refractivity contribution >= 4 is 10.0 Å². The van der Waals surface area contributed by atoms with Gasteiger partial charge in [-0.05, 0) is 30.5 Å². The quantitative estimate of drug-likeness (QED) is 0.793. The van der Waals surface area contributed by atoms with Crippen LogP contribution >= 0.6 is 0 Å². The third-order valence-electron chi connectivity index (χ3n) is 3.12. The number of rotatable bonds is 4. The van der Waals surface area contributed by atoms with Gasteiger partial charge in [0.15, 0.2) is 0 Å². The van der Waals surface area contributed by atoms with E-state index < -0.39 is 22.4 Å². The van der Waals surface area contributed by atoms with E-state index in [9.17, 15) is 12.8 Å². The van der Waals surface area contributed by atoms with E-state index in [0.29, 0.717) is 13.2 Å². The van der Waals surface area contributed by atoms with Crippen molar-refractivity contribution in [2.75, 3.05) is 26.4 Å². The van der Waals surface area contributed by atoms with Crippen LogP contribution in [0.3, 0.4) is 0 Å². The van der Waals surface area contributed by atoms with Gasteiger partial charge in [0.2, 0.25) is 10.0 Å². The molecule has 1 aromatic carbocycles. The summed E-state index contributed by atoms with van der Waals surface area (Å²) in [5, 5.41) is 8.69. The Kier molecular flexibility index (Phi) is 5.31. The van der Waals surface area contributed by atoms with Gasteiger partial charge < -0.3 is 9.84 Å². The first-order valence-corrected chi connectivity index (χ1v) is 7.98. The molecule has 1 atom stereocenters. The van der Waals surface area contributed by atoms with Crippen molar-refractivity contribution < 1.29 is 22.7 Å². The van der Waals surface area contributed by atoms with E-state index in [4.69, 9.17) is 9.84 Å². The molecule has 114 valence electrons. The summed E-state index contributed by atoms with van der Waals surface area (Å²) in [6.45, 7) is 1.01. The van der Waals surface area contributed by atoms with Crippen molar-refractivity contribution in [2.45, 2.75) is 11.3 Å². The van der Waals surface area contributed by atoms with Crippen LogP contribution in [0.25, 0.3) is 0 Å².